The zero-order valence-electron chi connectivity index (χ0n) is 6.00. The van der Waals surface area contributed by atoms with Crippen molar-refractivity contribution < 1.29 is 64.3 Å². The van der Waals surface area contributed by atoms with Crippen LogP contribution in [0.15, 0.2) is 0 Å². The van der Waals surface area contributed by atoms with Crippen LogP contribution in [-0.2, 0) is 9.03 Å². The van der Waals surface area contributed by atoms with Gasteiger partial charge < -0.3 is 25.7 Å². The van der Waals surface area contributed by atoms with Crippen LogP contribution in [0, 0.1) is 0 Å². The molecule has 0 saturated heterocycles. The van der Waals surface area contributed by atoms with Crippen LogP contribution >= 0.6 is 7.82 Å². The Morgan fingerprint density at radius 1 is 1.20 bits per heavy atom. The van der Waals surface area contributed by atoms with Crippen molar-refractivity contribution in [3.05, 3.63) is 0 Å². The molecule has 0 spiro atoms. The van der Waals surface area contributed by atoms with Gasteiger partial charge in [-0.15, -0.1) is 0 Å². The molecule has 0 rings (SSSR count). The fourth-order valence-corrected chi connectivity index (χ4v) is 0. The van der Waals surface area contributed by atoms with Crippen molar-refractivity contribution in [2.24, 2.45) is 0 Å². The van der Waals surface area contributed by atoms with Gasteiger partial charge in [-0.05, 0) is 0 Å². The predicted octanol–water partition coefficient (Wildman–Crippen LogP) is -5.43. The van der Waals surface area contributed by atoms with E-state index in [9.17, 15) is 0 Å². The van der Waals surface area contributed by atoms with Gasteiger partial charge in [-0.3, -0.25) is 4.46 Å². The maximum Gasteiger partial charge on any atom is 1.00 e. The summed E-state index contributed by atoms with van der Waals surface area (Å²) in [5.41, 5.74) is 0. The van der Waals surface area contributed by atoms with Crippen LogP contribution in [0.4, 0.5) is 0 Å². The second kappa shape index (κ2) is 7.83. The molecular weight excluding hydrogens is 194 g/mol. The molecule has 0 atom stereocenters. The molecule has 0 heterocycles. The number of hydrogen-bond acceptors (Lipinski definition) is 2. The number of phosphoric acid groups is 1. The Bertz CT molecular complexity index is 118. The smallest absolute Gasteiger partial charge is 1.00 e. The Morgan fingerprint density at radius 2 is 1.20 bits per heavy atom. The van der Waals surface area contributed by atoms with Crippen LogP contribution in [0.3, 0.4) is 0 Å². The van der Waals surface area contributed by atoms with Crippen LogP contribution in [-0.4, -0.2) is 33.4 Å². The van der Waals surface area contributed by atoms with Gasteiger partial charge in [0.1, 0.15) is 0 Å². The Labute approximate surface area is 81.3 Å². The fourth-order valence-electron chi connectivity index (χ4n) is 0. The third kappa shape index (κ3) is 986. The Hall–Kier alpha value is 0.727. The van der Waals surface area contributed by atoms with E-state index >= 15 is 0 Å². The second-order valence-electron chi connectivity index (χ2n) is 0.796. The zero-order chi connectivity index (χ0) is 8.08. The topological polar surface area (TPSA) is 135 Å². The molecule has 0 aliphatic carbocycles. The molecule has 5 N–H and O–H groups in total. The molecule has 7 nitrogen and oxygen atoms in total. The second-order valence-corrected chi connectivity index (χ2v) is 2.39. The summed E-state index contributed by atoms with van der Waals surface area (Å²) in [6, 6.07) is 0. The van der Waals surface area contributed by atoms with Crippen molar-refractivity contribution in [2.75, 3.05) is 0 Å². The van der Waals surface area contributed by atoms with Crippen molar-refractivity contribution in [1.82, 2.24) is 0 Å². The molecule has 0 aromatic carbocycles. The fraction of sp³-hybridized carbons (Fsp3) is 0. The molecule has 10 heavy (non-hydrogen) atoms. The molecule has 0 radical (unpaired) electrons. The molecule has 0 bridgehead atoms. The molecule has 0 unspecified atom stereocenters. The van der Waals surface area contributed by atoms with E-state index in [1.165, 1.54) is 0 Å². The van der Waals surface area contributed by atoms with Crippen LogP contribution in [0.1, 0.15) is 1.43 Å². The first-order chi connectivity index (χ1) is 3.73. The summed E-state index contributed by atoms with van der Waals surface area (Å²) in [5.74, 6) is 0. The van der Waals surface area contributed by atoms with Crippen LogP contribution < -0.4 is 29.6 Å². The third-order valence-corrected chi connectivity index (χ3v) is 0. The van der Waals surface area contributed by atoms with Crippen molar-refractivity contribution in [2.45, 2.75) is 0 Å². The normalized spacial score (nSPS) is 8.30. The Balaban J connectivity index is -0.0000000383. The van der Waals surface area contributed by atoms with Gasteiger partial charge in [0.25, 0.3) is 0 Å². The summed E-state index contributed by atoms with van der Waals surface area (Å²) in [4.78, 5) is 35.9. The molecule has 0 aliphatic heterocycles. The molecule has 10 heteroatoms. The van der Waals surface area contributed by atoms with E-state index in [1.54, 1.807) is 0 Å². The van der Waals surface area contributed by atoms with Crippen LogP contribution in [0.5, 0.6) is 0 Å². The largest absolute Gasteiger partial charge is 1.00 e. The van der Waals surface area contributed by atoms with E-state index in [0.717, 1.165) is 0 Å². The predicted molar refractivity (Wildman–Crippen MR) is 26.3 cm³/mol. The summed E-state index contributed by atoms with van der Waals surface area (Å²) in [6.45, 7) is 0. The Kier molecular flexibility index (Phi) is 13.3. The minimum atomic E-state index is -4.64. The molecular formula is H6NaO7PSi. The van der Waals surface area contributed by atoms with Gasteiger partial charge >= 0.3 is 46.6 Å². The van der Waals surface area contributed by atoms with Gasteiger partial charge in [-0.1, -0.05) is 0 Å². The summed E-state index contributed by atoms with van der Waals surface area (Å²) < 4.78 is 17.6. The molecule has 0 aliphatic rings. The van der Waals surface area contributed by atoms with E-state index in [4.69, 9.17) is 33.3 Å². The number of hydrogen-bond donors (Lipinski definition) is 5. The number of rotatable bonds is 0. The minimum Gasteiger partial charge on any atom is -1.00 e. The molecule has 58 valence electrons. The average molecular weight is 200 g/mol. The first-order valence-electron chi connectivity index (χ1n) is 1.43. The van der Waals surface area contributed by atoms with Crippen molar-refractivity contribution in [1.29, 1.82) is 0 Å². The summed E-state index contributed by atoms with van der Waals surface area (Å²) in [6.07, 6.45) is 0. The maximum absolute atomic E-state index is 8.88. The van der Waals surface area contributed by atoms with Gasteiger partial charge in [0.15, 0.2) is 0 Å². The standard InChI is InChI=1S/Na.H3O4P.H2O3Si.H/c;1-5(2,3)4;1-4(2)3;/h;(H3,1,2,3,4);1-2H;/q+1;;;-1. The van der Waals surface area contributed by atoms with Gasteiger partial charge in [-0.25, -0.2) is 4.57 Å². The Morgan fingerprint density at radius 3 is 1.20 bits per heavy atom. The van der Waals surface area contributed by atoms with E-state index < -0.39 is 17.0 Å². The first-order valence-corrected chi connectivity index (χ1v) is 4.30. The van der Waals surface area contributed by atoms with E-state index in [2.05, 4.69) is 0 Å². The van der Waals surface area contributed by atoms with E-state index in [0.29, 0.717) is 0 Å². The summed E-state index contributed by atoms with van der Waals surface area (Å²) in [7, 11) is -7.77. The molecule has 0 fully saturated rings. The zero-order valence-corrected chi connectivity index (χ0v) is 8.89. The van der Waals surface area contributed by atoms with E-state index in [1.807, 2.05) is 0 Å². The van der Waals surface area contributed by atoms with Crippen LogP contribution in [0.2, 0.25) is 0 Å². The van der Waals surface area contributed by atoms with Crippen molar-refractivity contribution in [3.63, 3.8) is 0 Å². The van der Waals surface area contributed by atoms with Gasteiger partial charge in [0.05, 0.1) is 0 Å². The molecule has 0 saturated carbocycles. The molecule has 0 amide bonds. The summed E-state index contributed by atoms with van der Waals surface area (Å²) >= 11 is 0. The van der Waals surface area contributed by atoms with Crippen molar-refractivity contribution >= 4 is 17.0 Å². The molecule has 0 aromatic heterocycles. The maximum atomic E-state index is 8.88. The summed E-state index contributed by atoms with van der Waals surface area (Å²) in [5, 5.41) is 0. The van der Waals surface area contributed by atoms with Gasteiger partial charge in [0.2, 0.25) is 0 Å². The SMILES string of the molecule is O=P(O)(O)O.O=[Si](O)O.[H-].[Na+]. The van der Waals surface area contributed by atoms with Crippen molar-refractivity contribution in [3.8, 4) is 0 Å². The van der Waals surface area contributed by atoms with Gasteiger partial charge in [0, 0.05) is 0 Å². The van der Waals surface area contributed by atoms with E-state index in [-0.39, 0.29) is 31.0 Å². The van der Waals surface area contributed by atoms with Crippen LogP contribution in [0.25, 0.3) is 0 Å². The monoisotopic (exact) mass is 200 g/mol. The quantitative estimate of drug-likeness (QED) is 0.194. The minimum absolute atomic E-state index is 0. The third-order valence-electron chi connectivity index (χ3n) is 0. The first kappa shape index (κ1) is 17.0. The average Bonchev–Trinajstić information content (AvgIpc) is 1.19. The van der Waals surface area contributed by atoms with Gasteiger partial charge in [-0.2, -0.15) is 0 Å². The molecule has 0 aromatic rings.